The number of methoxy groups -OCH3 is 1. The number of nitrogens with one attached hydrogen (secondary N) is 1. The van der Waals surface area contributed by atoms with Crippen LogP contribution in [-0.4, -0.2) is 13.7 Å². The lowest BCUT2D eigenvalue weighted by Gasteiger charge is -2.10. The molecule has 2 aromatic rings. The summed E-state index contributed by atoms with van der Waals surface area (Å²) in [6, 6.07) is 14.1. The van der Waals surface area contributed by atoms with Crippen LogP contribution < -0.4 is 10.1 Å². The Labute approximate surface area is 129 Å². The Morgan fingerprint density at radius 2 is 1.90 bits per heavy atom. The van der Waals surface area contributed by atoms with Crippen LogP contribution in [0, 0.1) is 0 Å². The number of halogens is 1. The van der Waals surface area contributed by atoms with Gasteiger partial charge in [-0.25, -0.2) is 0 Å². The zero-order valence-electron chi connectivity index (χ0n) is 11.7. The summed E-state index contributed by atoms with van der Waals surface area (Å²) in [5, 5.41) is 4.12. The van der Waals surface area contributed by atoms with E-state index in [1.54, 1.807) is 18.9 Å². The van der Waals surface area contributed by atoms with Crippen LogP contribution >= 0.6 is 23.4 Å². The van der Waals surface area contributed by atoms with E-state index in [0.717, 1.165) is 23.9 Å². The molecule has 2 nitrogen and oxygen atoms in total. The van der Waals surface area contributed by atoms with Crippen LogP contribution in [-0.2, 0) is 6.54 Å². The zero-order valence-corrected chi connectivity index (χ0v) is 13.2. The molecule has 0 radical (unpaired) electrons. The van der Waals surface area contributed by atoms with Gasteiger partial charge in [0.2, 0.25) is 0 Å². The Bertz CT molecular complexity index is 557. The van der Waals surface area contributed by atoms with Crippen LogP contribution in [0.2, 0.25) is 5.02 Å². The van der Waals surface area contributed by atoms with Crippen LogP contribution in [0.25, 0.3) is 0 Å². The van der Waals surface area contributed by atoms with Gasteiger partial charge in [0.15, 0.2) is 0 Å². The van der Waals surface area contributed by atoms with E-state index in [0.29, 0.717) is 0 Å². The van der Waals surface area contributed by atoms with Crippen molar-refractivity contribution < 1.29 is 4.74 Å². The lowest BCUT2D eigenvalue weighted by Crippen LogP contribution is -2.12. The highest BCUT2D eigenvalue weighted by Gasteiger charge is 2.05. The number of hydrogen-bond acceptors (Lipinski definition) is 3. The van der Waals surface area contributed by atoms with E-state index in [4.69, 9.17) is 16.3 Å². The van der Waals surface area contributed by atoms with Crippen LogP contribution in [0.3, 0.4) is 0 Å². The molecule has 0 heterocycles. The standard InChI is InChI=1S/C16H18ClNOS/c1-3-18-11-12-10-13(17)4-9-16(12)20-15-7-5-14(19-2)6-8-15/h4-10,18H,3,11H2,1-2H3. The van der Waals surface area contributed by atoms with E-state index in [9.17, 15) is 0 Å². The summed E-state index contributed by atoms with van der Waals surface area (Å²) in [6.45, 7) is 3.87. The topological polar surface area (TPSA) is 21.3 Å². The van der Waals surface area contributed by atoms with Gasteiger partial charge in [-0.1, -0.05) is 30.3 Å². The van der Waals surface area contributed by atoms with Crippen LogP contribution in [0.5, 0.6) is 5.75 Å². The highest BCUT2D eigenvalue weighted by atomic mass is 35.5. The quantitative estimate of drug-likeness (QED) is 0.842. The van der Waals surface area contributed by atoms with Gasteiger partial charge in [-0.05, 0) is 54.6 Å². The van der Waals surface area contributed by atoms with E-state index in [1.807, 2.05) is 24.3 Å². The van der Waals surface area contributed by atoms with E-state index >= 15 is 0 Å². The molecule has 0 unspecified atom stereocenters. The van der Waals surface area contributed by atoms with Crippen LogP contribution in [0.4, 0.5) is 0 Å². The average molecular weight is 308 g/mol. The molecule has 106 valence electrons. The molecule has 0 spiro atoms. The molecular formula is C16H18ClNOS. The molecule has 0 bridgehead atoms. The van der Waals surface area contributed by atoms with Gasteiger partial charge in [-0.2, -0.15) is 0 Å². The summed E-state index contributed by atoms with van der Waals surface area (Å²) in [5.41, 5.74) is 1.22. The largest absolute Gasteiger partial charge is 0.497 e. The van der Waals surface area contributed by atoms with Gasteiger partial charge in [0.25, 0.3) is 0 Å². The summed E-state index contributed by atoms with van der Waals surface area (Å²) >= 11 is 7.82. The molecule has 0 fully saturated rings. The van der Waals surface area contributed by atoms with Crippen molar-refractivity contribution in [1.82, 2.24) is 5.32 Å². The summed E-state index contributed by atoms with van der Waals surface area (Å²) in [7, 11) is 1.68. The Hall–Kier alpha value is -1.16. The Balaban J connectivity index is 2.18. The maximum atomic E-state index is 6.08. The van der Waals surface area contributed by atoms with Crippen molar-refractivity contribution in [2.75, 3.05) is 13.7 Å². The predicted octanol–water partition coefficient (Wildman–Crippen LogP) is 4.61. The first-order valence-corrected chi connectivity index (χ1v) is 7.73. The number of hydrogen-bond donors (Lipinski definition) is 1. The minimum atomic E-state index is 0.775. The third kappa shape index (κ3) is 4.17. The molecule has 1 N–H and O–H groups in total. The van der Waals surface area contributed by atoms with Crippen molar-refractivity contribution in [2.45, 2.75) is 23.3 Å². The Morgan fingerprint density at radius 1 is 1.15 bits per heavy atom. The number of benzene rings is 2. The first kappa shape index (κ1) is 15.2. The summed E-state index contributed by atoms with van der Waals surface area (Å²) in [4.78, 5) is 2.41. The lowest BCUT2D eigenvalue weighted by atomic mass is 10.2. The number of ether oxygens (including phenoxy) is 1. The summed E-state index contributed by atoms with van der Waals surface area (Å²) < 4.78 is 5.18. The minimum absolute atomic E-state index is 0.775. The van der Waals surface area contributed by atoms with Gasteiger partial charge >= 0.3 is 0 Å². The van der Waals surface area contributed by atoms with Crippen molar-refractivity contribution in [3.8, 4) is 5.75 Å². The predicted molar refractivity (Wildman–Crippen MR) is 85.9 cm³/mol. The van der Waals surface area contributed by atoms with Crippen molar-refractivity contribution in [2.24, 2.45) is 0 Å². The highest BCUT2D eigenvalue weighted by molar-refractivity contribution is 7.99. The first-order chi connectivity index (χ1) is 9.72. The van der Waals surface area contributed by atoms with Crippen molar-refractivity contribution in [3.05, 3.63) is 53.1 Å². The molecule has 0 atom stereocenters. The molecule has 20 heavy (non-hydrogen) atoms. The van der Waals surface area contributed by atoms with Gasteiger partial charge in [0.05, 0.1) is 7.11 Å². The molecule has 0 aliphatic carbocycles. The fraction of sp³-hybridized carbons (Fsp3) is 0.250. The maximum Gasteiger partial charge on any atom is 0.118 e. The molecule has 0 aliphatic heterocycles. The summed E-state index contributed by atoms with van der Waals surface area (Å²) in [6.07, 6.45) is 0. The molecule has 0 amide bonds. The van der Waals surface area contributed by atoms with E-state index in [1.165, 1.54) is 15.4 Å². The minimum Gasteiger partial charge on any atom is -0.497 e. The SMILES string of the molecule is CCNCc1cc(Cl)ccc1Sc1ccc(OC)cc1. The molecule has 4 heteroatoms. The van der Waals surface area contributed by atoms with Crippen molar-refractivity contribution in [3.63, 3.8) is 0 Å². The Morgan fingerprint density at radius 3 is 2.55 bits per heavy atom. The van der Waals surface area contributed by atoms with Crippen LogP contribution in [0.15, 0.2) is 52.3 Å². The molecule has 2 rings (SSSR count). The van der Waals surface area contributed by atoms with Gasteiger partial charge in [-0.15, -0.1) is 0 Å². The fourth-order valence-corrected chi connectivity index (χ4v) is 2.94. The van der Waals surface area contributed by atoms with Crippen molar-refractivity contribution >= 4 is 23.4 Å². The molecule has 2 aromatic carbocycles. The first-order valence-electron chi connectivity index (χ1n) is 6.54. The molecule has 0 aliphatic rings. The average Bonchev–Trinajstić information content (AvgIpc) is 2.48. The zero-order chi connectivity index (χ0) is 14.4. The molecule has 0 saturated heterocycles. The second-order valence-electron chi connectivity index (χ2n) is 4.31. The van der Waals surface area contributed by atoms with Gasteiger partial charge in [0.1, 0.15) is 5.75 Å². The molecule has 0 saturated carbocycles. The monoisotopic (exact) mass is 307 g/mol. The summed E-state index contributed by atoms with van der Waals surface area (Å²) in [5.74, 6) is 0.873. The third-order valence-corrected chi connectivity index (χ3v) is 4.24. The van der Waals surface area contributed by atoms with E-state index < -0.39 is 0 Å². The van der Waals surface area contributed by atoms with Crippen LogP contribution in [0.1, 0.15) is 12.5 Å². The molecule has 0 aromatic heterocycles. The van der Waals surface area contributed by atoms with Gasteiger partial charge < -0.3 is 10.1 Å². The van der Waals surface area contributed by atoms with Crippen molar-refractivity contribution in [1.29, 1.82) is 0 Å². The van der Waals surface area contributed by atoms with Gasteiger partial charge in [-0.3, -0.25) is 0 Å². The second kappa shape index (κ2) is 7.58. The van der Waals surface area contributed by atoms with Gasteiger partial charge in [0, 0.05) is 21.4 Å². The number of rotatable bonds is 6. The van der Waals surface area contributed by atoms with E-state index in [2.05, 4.69) is 30.4 Å². The molecular weight excluding hydrogens is 290 g/mol. The maximum absolute atomic E-state index is 6.08. The normalized spacial score (nSPS) is 10.6. The second-order valence-corrected chi connectivity index (χ2v) is 5.86. The Kier molecular flexibility index (Phi) is 5.77. The smallest absolute Gasteiger partial charge is 0.118 e. The van der Waals surface area contributed by atoms with E-state index in [-0.39, 0.29) is 0 Å². The third-order valence-electron chi connectivity index (χ3n) is 2.88. The lowest BCUT2D eigenvalue weighted by molar-refractivity contribution is 0.414. The highest BCUT2D eigenvalue weighted by Crippen LogP contribution is 2.32. The fourth-order valence-electron chi connectivity index (χ4n) is 1.82.